The fourth-order valence-corrected chi connectivity index (χ4v) is 3.03. The highest BCUT2D eigenvalue weighted by molar-refractivity contribution is 9.10. The summed E-state index contributed by atoms with van der Waals surface area (Å²) in [6.07, 6.45) is 5.98. The number of halogens is 1. The predicted octanol–water partition coefficient (Wildman–Crippen LogP) is 3.94. The Hall–Kier alpha value is -0.940. The molecule has 1 saturated carbocycles. The van der Waals surface area contributed by atoms with Gasteiger partial charge in [0.15, 0.2) is 0 Å². The average molecular weight is 313 g/mol. The van der Waals surface area contributed by atoms with Gasteiger partial charge in [0.25, 0.3) is 5.69 Å². The Kier molecular flexibility index (Phi) is 4.35. The molecular formula is C13H17BrN2O2. The van der Waals surface area contributed by atoms with Crippen molar-refractivity contribution in [3.8, 4) is 0 Å². The molecule has 98 valence electrons. The van der Waals surface area contributed by atoms with Crippen LogP contribution in [0, 0.1) is 16.0 Å². The summed E-state index contributed by atoms with van der Waals surface area (Å²) in [7, 11) is 0. The van der Waals surface area contributed by atoms with E-state index in [1.54, 1.807) is 12.1 Å². The Morgan fingerprint density at radius 1 is 1.33 bits per heavy atom. The zero-order valence-corrected chi connectivity index (χ0v) is 11.7. The molecule has 4 nitrogen and oxygen atoms in total. The molecule has 0 heterocycles. The fraction of sp³-hybridized carbons (Fsp3) is 0.538. The van der Waals surface area contributed by atoms with Crippen molar-refractivity contribution in [2.24, 2.45) is 11.7 Å². The number of hydrogen-bond donors (Lipinski definition) is 1. The fourth-order valence-electron chi connectivity index (χ4n) is 2.64. The molecule has 0 spiro atoms. The van der Waals surface area contributed by atoms with E-state index in [-0.39, 0.29) is 16.7 Å². The molecule has 1 aliphatic carbocycles. The van der Waals surface area contributed by atoms with Crippen LogP contribution in [0.15, 0.2) is 22.7 Å². The third-order valence-corrected chi connectivity index (χ3v) is 4.38. The van der Waals surface area contributed by atoms with Crippen molar-refractivity contribution in [3.63, 3.8) is 0 Å². The lowest BCUT2D eigenvalue weighted by atomic mass is 9.81. The van der Waals surface area contributed by atoms with Gasteiger partial charge in [-0.3, -0.25) is 10.1 Å². The molecule has 2 N–H and O–H groups in total. The van der Waals surface area contributed by atoms with Crippen molar-refractivity contribution in [1.29, 1.82) is 0 Å². The van der Waals surface area contributed by atoms with Crippen molar-refractivity contribution in [2.45, 2.75) is 38.1 Å². The van der Waals surface area contributed by atoms with E-state index in [1.807, 2.05) is 6.07 Å². The van der Waals surface area contributed by atoms with Gasteiger partial charge in [-0.15, -0.1) is 0 Å². The Morgan fingerprint density at radius 3 is 2.61 bits per heavy atom. The van der Waals surface area contributed by atoms with Crippen LogP contribution in [0.1, 0.15) is 43.7 Å². The molecule has 2 rings (SSSR count). The molecular weight excluding hydrogens is 296 g/mol. The molecule has 0 aromatic heterocycles. The maximum Gasteiger partial charge on any atom is 0.283 e. The van der Waals surface area contributed by atoms with Crippen LogP contribution >= 0.6 is 15.9 Å². The SMILES string of the molecule is N[C@H](c1ccc(Br)c([N+](=O)[O-])c1)C1CCCCC1. The Bertz CT molecular complexity index is 445. The molecule has 0 amide bonds. The summed E-state index contributed by atoms with van der Waals surface area (Å²) in [4.78, 5) is 10.5. The molecule has 1 fully saturated rings. The second-order valence-electron chi connectivity index (χ2n) is 4.89. The van der Waals surface area contributed by atoms with E-state index in [0.29, 0.717) is 10.4 Å². The summed E-state index contributed by atoms with van der Waals surface area (Å²) >= 11 is 3.19. The van der Waals surface area contributed by atoms with E-state index in [9.17, 15) is 10.1 Å². The summed E-state index contributed by atoms with van der Waals surface area (Å²) in [5.74, 6) is 0.458. The first kappa shape index (κ1) is 13.5. The predicted molar refractivity (Wildman–Crippen MR) is 74.3 cm³/mol. The molecule has 5 heteroatoms. The molecule has 1 aromatic rings. The van der Waals surface area contributed by atoms with Crippen molar-refractivity contribution < 1.29 is 4.92 Å². The first-order valence-electron chi connectivity index (χ1n) is 6.29. The van der Waals surface area contributed by atoms with Crippen LogP contribution in [0.4, 0.5) is 5.69 Å². The first-order valence-corrected chi connectivity index (χ1v) is 7.08. The number of nitro benzene ring substituents is 1. The van der Waals surface area contributed by atoms with E-state index in [4.69, 9.17) is 5.73 Å². The normalized spacial score (nSPS) is 18.6. The van der Waals surface area contributed by atoms with Crippen LogP contribution in [-0.4, -0.2) is 4.92 Å². The molecule has 1 atom stereocenters. The van der Waals surface area contributed by atoms with Crippen LogP contribution in [0.25, 0.3) is 0 Å². The molecule has 0 bridgehead atoms. The van der Waals surface area contributed by atoms with Gasteiger partial charge >= 0.3 is 0 Å². The Balaban J connectivity index is 2.21. The minimum Gasteiger partial charge on any atom is -0.324 e. The number of benzene rings is 1. The average Bonchev–Trinajstić information content (AvgIpc) is 2.39. The standard InChI is InChI=1S/C13H17BrN2O2/c14-11-7-6-10(8-12(11)16(17)18)13(15)9-4-2-1-3-5-9/h6-9,13H,1-5,15H2/t13-/m0/s1. The third-order valence-electron chi connectivity index (χ3n) is 3.71. The molecule has 0 aliphatic heterocycles. The van der Waals surface area contributed by atoms with Crippen molar-refractivity contribution in [1.82, 2.24) is 0 Å². The lowest BCUT2D eigenvalue weighted by Crippen LogP contribution is -2.23. The molecule has 0 radical (unpaired) electrons. The van der Waals surface area contributed by atoms with E-state index in [1.165, 1.54) is 19.3 Å². The van der Waals surface area contributed by atoms with E-state index in [0.717, 1.165) is 18.4 Å². The molecule has 18 heavy (non-hydrogen) atoms. The molecule has 0 saturated heterocycles. The second kappa shape index (κ2) is 5.80. The van der Waals surface area contributed by atoms with Gasteiger partial charge in [0, 0.05) is 12.1 Å². The number of rotatable bonds is 3. The maximum atomic E-state index is 10.9. The van der Waals surface area contributed by atoms with Gasteiger partial charge in [-0.2, -0.15) is 0 Å². The monoisotopic (exact) mass is 312 g/mol. The number of nitro groups is 1. The van der Waals surface area contributed by atoms with Gasteiger partial charge in [-0.05, 0) is 46.3 Å². The Labute approximate surface area is 115 Å². The van der Waals surface area contributed by atoms with Gasteiger partial charge in [-0.1, -0.05) is 25.3 Å². The highest BCUT2D eigenvalue weighted by Crippen LogP contribution is 2.35. The van der Waals surface area contributed by atoms with Crippen LogP contribution in [-0.2, 0) is 0 Å². The van der Waals surface area contributed by atoms with Gasteiger partial charge in [0.2, 0.25) is 0 Å². The van der Waals surface area contributed by atoms with Gasteiger partial charge in [0.05, 0.1) is 9.40 Å². The largest absolute Gasteiger partial charge is 0.324 e. The van der Waals surface area contributed by atoms with Gasteiger partial charge in [-0.25, -0.2) is 0 Å². The highest BCUT2D eigenvalue weighted by Gasteiger charge is 2.23. The first-order chi connectivity index (χ1) is 8.59. The number of nitrogens with zero attached hydrogens (tertiary/aromatic N) is 1. The molecule has 1 aliphatic rings. The van der Waals surface area contributed by atoms with Crippen LogP contribution < -0.4 is 5.73 Å². The van der Waals surface area contributed by atoms with Crippen LogP contribution in [0.3, 0.4) is 0 Å². The van der Waals surface area contributed by atoms with Gasteiger partial charge < -0.3 is 5.73 Å². The Morgan fingerprint density at radius 2 is 2.00 bits per heavy atom. The smallest absolute Gasteiger partial charge is 0.283 e. The molecule has 0 unspecified atom stereocenters. The number of nitrogens with two attached hydrogens (primary N) is 1. The van der Waals surface area contributed by atoms with E-state index < -0.39 is 0 Å². The highest BCUT2D eigenvalue weighted by atomic mass is 79.9. The number of hydrogen-bond acceptors (Lipinski definition) is 3. The van der Waals surface area contributed by atoms with Crippen LogP contribution in [0.5, 0.6) is 0 Å². The zero-order valence-electron chi connectivity index (χ0n) is 10.1. The quantitative estimate of drug-likeness (QED) is 0.679. The summed E-state index contributed by atoms with van der Waals surface area (Å²) in [5.41, 5.74) is 7.22. The van der Waals surface area contributed by atoms with Crippen molar-refractivity contribution >= 4 is 21.6 Å². The van der Waals surface area contributed by atoms with Crippen molar-refractivity contribution in [2.75, 3.05) is 0 Å². The summed E-state index contributed by atoms with van der Waals surface area (Å²) in [6, 6.07) is 5.12. The zero-order chi connectivity index (χ0) is 13.1. The third kappa shape index (κ3) is 2.90. The summed E-state index contributed by atoms with van der Waals surface area (Å²) < 4.78 is 0.507. The van der Waals surface area contributed by atoms with E-state index in [2.05, 4.69) is 15.9 Å². The molecule has 1 aromatic carbocycles. The van der Waals surface area contributed by atoms with Crippen molar-refractivity contribution in [3.05, 3.63) is 38.3 Å². The second-order valence-corrected chi connectivity index (χ2v) is 5.75. The van der Waals surface area contributed by atoms with E-state index >= 15 is 0 Å². The maximum absolute atomic E-state index is 10.9. The minimum absolute atomic E-state index is 0.0860. The minimum atomic E-state index is -0.374. The summed E-state index contributed by atoms with van der Waals surface area (Å²) in [6.45, 7) is 0. The topological polar surface area (TPSA) is 69.2 Å². The lowest BCUT2D eigenvalue weighted by Gasteiger charge is -2.27. The van der Waals surface area contributed by atoms with Crippen LogP contribution in [0.2, 0.25) is 0 Å². The summed E-state index contributed by atoms with van der Waals surface area (Å²) in [5, 5.41) is 10.9. The lowest BCUT2D eigenvalue weighted by molar-refractivity contribution is -0.385. The van der Waals surface area contributed by atoms with Gasteiger partial charge in [0.1, 0.15) is 0 Å².